The molecule has 0 amide bonds. The summed E-state index contributed by atoms with van der Waals surface area (Å²) in [5, 5.41) is 7.79. The van der Waals surface area contributed by atoms with Crippen molar-refractivity contribution in [2.45, 2.75) is 18.5 Å². The molecule has 2 aromatic rings. The van der Waals surface area contributed by atoms with Crippen LogP contribution < -0.4 is 5.32 Å². The molecule has 0 fully saturated rings. The Balaban J connectivity index is 2.32. The summed E-state index contributed by atoms with van der Waals surface area (Å²) in [4.78, 5) is 16.7. The van der Waals surface area contributed by atoms with E-state index in [4.69, 9.17) is 0 Å². The van der Waals surface area contributed by atoms with Gasteiger partial charge in [-0.2, -0.15) is 24.7 Å². The van der Waals surface area contributed by atoms with Gasteiger partial charge in [-0.25, -0.2) is 4.98 Å². The lowest BCUT2D eigenvalue weighted by Crippen LogP contribution is -2.10. The van der Waals surface area contributed by atoms with Crippen molar-refractivity contribution < 1.29 is 0 Å². The molecule has 0 unspecified atom stereocenters. The molecule has 8 heteroatoms. The van der Waals surface area contributed by atoms with Crippen LogP contribution in [0.3, 0.4) is 0 Å². The molecule has 90 valence electrons. The van der Waals surface area contributed by atoms with Gasteiger partial charge in [0.1, 0.15) is 12.7 Å². The Hall–Kier alpha value is -1.70. The van der Waals surface area contributed by atoms with Crippen molar-refractivity contribution in [1.29, 1.82) is 0 Å². The van der Waals surface area contributed by atoms with E-state index in [0.717, 1.165) is 13.0 Å². The first-order valence-corrected chi connectivity index (χ1v) is 6.45. The minimum Gasteiger partial charge on any atom is -0.354 e. The summed E-state index contributed by atoms with van der Waals surface area (Å²) in [6.45, 7) is 2.91. The van der Waals surface area contributed by atoms with E-state index in [2.05, 4.69) is 37.3 Å². The Morgan fingerprint density at radius 2 is 2.24 bits per heavy atom. The highest BCUT2D eigenvalue weighted by molar-refractivity contribution is 7.98. The minimum absolute atomic E-state index is 0.473. The number of thioether (sulfide) groups is 1. The molecule has 0 atom stereocenters. The van der Waals surface area contributed by atoms with E-state index in [9.17, 15) is 0 Å². The third-order valence-corrected chi connectivity index (χ3v) is 2.49. The zero-order valence-electron chi connectivity index (χ0n) is 9.66. The van der Waals surface area contributed by atoms with Gasteiger partial charge in [0.2, 0.25) is 5.95 Å². The van der Waals surface area contributed by atoms with Crippen LogP contribution >= 0.6 is 11.8 Å². The molecule has 2 rings (SSSR count). The molecule has 1 N–H and O–H groups in total. The van der Waals surface area contributed by atoms with Gasteiger partial charge in [0.05, 0.1) is 0 Å². The Morgan fingerprint density at radius 1 is 1.35 bits per heavy atom. The molecule has 0 saturated carbocycles. The second kappa shape index (κ2) is 5.58. The molecule has 0 aromatic carbocycles. The summed E-state index contributed by atoms with van der Waals surface area (Å²) in [6.07, 6.45) is 5.94. The first-order chi connectivity index (χ1) is 8.33. The van der Waals surface area contributed by atoms with Crippen molar-refractivity contribution in [2.24, 2.45) is 0 Å². The molecular formula is C9H13N7S. The molecule has 2 heterocycles. The van der Waals surface area contributed by atoms with E-state index < -0.39 is 0 Å². The Kier molecular flexibility index (Phi) is 3.86. The van der Waals surface area contributed by atoms with Crippen molar-refractivity contribution >= 4 is 17.7 Å². The number of anilines is 1. The fourth-order valence-corrected chi connectivity index (χ4v) is 1.52. The van der Waals surface area contributed by atoms with Crippen LogP contribution in [0.1, 0.15) is 13.3 Å². The van der Waals surface area contributed by atoms with Crippen LogP contribution in [0.25, 0.3) is 5.95 Å². The second-order valence-electron chi connectivity index (χ2n) is 3.21. The van der Waals surface area contributed by atoms with Crippen LogP contribution in [-0.2, 0) is 0 Å². The monoisotopic (exact) mass is 251 g/mol. The average Bonchev–Trinajstić information content (AvgIpc) is 2.89. The van der Waals surface area contributed by atoms with E-state index in [0.29, 0.717) is 17.1 Å². The largest absolute Gasteiger partial charge is 0.354 e. The maximum atomic E-state index is 4.28. The summed E-state index contributed by atoms with van der Waals surface area (Å²) in [6, 6.07) is 0. The van der Waals surface area contributed by atoms with Crippen LogP contribution in [0.4, 0.5) is 5.95 Å². The Labute approximate surface area is 103 Å². The van der Waals surface area contributed by atoms with Crippen LogP contribution in [0.2, 0.25) is 0 Å². The van der Waals surface area contributed by atoms with Gasteiger partial charge in [-0.3, -0.25) is 0 Å². The quantitative estimate of drug-likeness (QED) is 0.794. The van der Waals surface area contributed by atoms with Gasteiger partial charge in [0, 0.05) is 6.54 Å². The highest BCUT2D eigenvalue weighted by Gasteiger charge is 2.07. The van der Waals surface area contributed by atoms with Gasteiger partial charge in [0.15, 0.2) is 5.16 Å². The molecule has 0 spiro atoms. The molecule has 17 heavy (non-hydrogen) atoms. The van der Waals surface area contributed by atoms with Crippen LogP contribution in [0.5, 0.6) is 0 Å². The number of hydrogen-bond donors (Lipinski definition) is 1. The van der Waals surface area contributed by atoms with Crippen molar-refractivity contribution in [2.75, 3.05) is 18.1 Å². The van der Waals surface area contributed by atoms with Crippen molar-refractivity contribution in [3.63, 3.8) is 0 Å². The Morgan fingerprint density at radius 3 is 2.88 bits per heavy atom. The molecule has 0 aliphatic carbocycles. The lowest BCUT2D eigenvalue weighted by Gasteiger charge is -2.06. The maximum Gasteiger partial charge on any atom is 0.257 e. The molecule has 2 aromatic heterocycles. The maximum absolute atomic E-state index is 4.28. The number of nitrogens with one attached hydrogen (secondary N) is 1. The van der Waals surface area contributed by atoms with Gasteiger partial charge < -0.3 is 5.32 Å². The second-order valence-corrected chi connectivity index (χ2v) is 3.99. The summed E-state index contributed by atoms with van der Waals surface area (Å²) >= 11 is 1.46. The van der Waals surface area contributed by atoms with Crippen LogP contribution in [-0.4, -0.2) is 42.5 Å². The third-order valence-electron chi connectivity index (χ3n) is 1.94. The topological polar surface area (TPSA) is 81.4 Å². The highest BCUT2D eigenvalue weighted by atomic mass is 32.2. The first kappa shape index (κ1) is 11.8. The Bertz CT molecular complexity index is 470. The van der Waals surface area contributed by atoms with E-state index in [-0.39, 0.29) is 0 Å². The summed E-state index contributed by atoms with van der Waals surface area (Å²) in [5.74, 6) is 1.04. The molecular weight excluding hydrogens is 238 g/mol. The highest BCUT2D eigenvalue weighted by Crippen LogP contribution is 2.12. The van der Waals surface area contributed by atoms with Crippen molar-refractivity contribution in [3.8, 4) is 5.95 Å². The number of hydrogen-bond acceptors (Lipinski definition) is 7. The molecule has 0 aliphatic rings. The predicted octanol–water partition coefficient (Wildman–Crippen LogP) is 0.996. The number of nitrogens with zero attached hydrogens (tertiary/aromatic N) is 6. The smallest absolute Gasteiger partial charge is 0.257 e. The molecule has 0 radical (unpaired) electrons. The van der Waals surface area contributed by atoms with Gasteiger partial charge in [-0.15, -0.1) is 0 Å². The van der Waals surface area contributed by atoms with E-state index in [1.807, 2.05) is 6.26 Å². The van der Waals surface area contributed by atoms with E-state index in [1.54, 1.807) is 6.33 Å². The predicted molar refractivity (Wildman–Crippen MR) is 65.3 cm³/mol. The zero-order chi connectivity index (χ0) is 12.1. The van der Waals surface area contributed by atoms with E-state index in [1.165, 1.54) is 22.8 Å². The third kappa shape index (κ3) is 2.90. The summed E-state index contributed by atoms with van der Waals surface area (Å²) in [7, 11) is 0. The summed E-state index contributed by atoms with van der Waals surface area (Å²) in [5.41, 5.74) is 0. The fourth-order valence-electron chi connectivity index (χ4n) is 1.17. The molecule has 0 saturated heterocycles. The first-order valence-electron chi connectivity index (χ1n) is 5.22. The zero-order valence-corrected chi connectivity index (χ0v) is 10.5. The van der Waals surface area contributed by atoms with Crippen LogP contribution in [0.15, 0.2) is 17.8 Å². The van der Waals surface area contributed by atoms with Crippen molar-refractivity contribution in [3.05, 3.63) is 12.7 Å². The SMILES string of the molecule is CCCNc1nc(SC)nc(-n2cncn2)n1. The molecule has 0 bridgehead atoms. The fraction of sp³-hybridized carbons (Fsp3) is 0.444. The average molecular weight is 251 g/mol. The molecule has 0 aliphatic heterocycles. The number of rotatable bonds is 5. The normalized spacial score (nSPS) is 10.5. The standard InChI is InChI=1S/C9H13N7S/c1-3-4-11-7-13-8(15-9(14-7)17-2)16-6-10-5-12-16/h5-6H,3-4H2,1-2H3,(H,11,13,14,15). The van der Waals surface area contributed by atoms with Gasteiger partial charge in [0.25, 0.3) is 5.95 Å². The number of aromatic nitrogens is 6. The lowest BCUT2D eigenvalue weighted by atomic mass is 10.5. The van der Waals surface area contributed by atoms with Gasteiger partial charge in [-0.05, 0) is 12.7 Å². The minimum atomic E-state index is 0.473. The summed E-state index contributed by atoms with van der Waals surface area (Å²) < 4.78 is 1.51. The molecule has 7 nitrogen and oxygen atoms in total. The van der Waals surface area contributed by atoms with Crippen molar-refractivity contribution in [1.82, 2.24) is 29.7 Å². The lowest BCUT2D eigenvalue weighted by molar-refractivity contribution is 0.757. The van der Waals surface area contributed by atoms with Crippen LogP contribution in [0, 0.1) is 0 Å². The van der Waals surface area contributed by atoms with E-state index >= 15 is 0 Å². The van der Waals surface area contributed by atoms with Gasteiger partial charge >= 0.3 is 0 Å². The van der Waals surface area contributed by atoms with Gasteiger partial charge in [-0.1, -0.05) is 18.7 Å².